The molecule has 5 nitrogen and oxygen atoms in total. The first-order valence-electron chi connectivity index (χ1n) is 11.2. The molecule has 0 unspecified atom stereocenters. The molecule has 0 fully saturated rings. The van der Waals surface area contributed by atoms with E-state index in [0.717, 1.165) is 32.8 Å². The molecule has 2 aromatic carbocycles. The topological polar surface area (TPSA) is 51.7 Å². The molecular formula is C28H26N2O3S. The highest BCUT2D eigenvalue weighted by Crippen LogP contribution is 2.40. The number of rotatable bonds is 10. The predicted molar refractivity (Wildman–Crippen MR) is 139 cm³/mol. The van der Waals surface area contributed by atoms with Crippen LogP contribution in [0.3, 0.4) is 0 Å². The fourth-order valence-corrected chi connectivity index (χ4v) is 4.38. The predicted octanol–water partition coefficient (Wildman–Crippen LogP) is 7.31. The largest absolute Gasteiger partial charge is 0.494 e. The number of pyridine rings is 1. The Morgan fingerprint density at radius 1 is 0.853 bits per heavy atom. The molecule has 0 aliphatic carbocycles. The van der Waals surface area contributed by atoms with Crippen LogP contribution in [0.25, 0.3) is 6.08 Å². The van der Waals surface area contributed by atoms with Gasteiger partial charge in [-0.1, -0.05) is 6.07 Å². The van der Waals surface area contributed by atoms with Crippen LogP contribution in [0.1, 0.15) is 29.2 Å². The van der Waals surface area contributed by atoms with Crippen molar-refractivity contribution < 1.29 is 14.3 Å². The third-order valence-electron chi connectivity index (χ3n) is 4.96. The average molecular weight is 471 g/mol. The molecule has 0 aliphatic heterocycles. The quantitative estimate of drug-likeness (QED) is 0.180. The van der Waals surface area contributed by atoms with Gasteiger partial charge in [-0.3, -0.25) is 9.78 Å². The number of benzene rings is 2. The number of ether oxygens (including phenoxy) is 2. The molecule has 0 bridgehead atoms. The number of hydrogen-bond acceptors (Lipinski definition) is 6. The van der Waals surface area contributed by atoms with Gasteiger partial charge in [0.05, 0.1) is 13.2 Å². The van der Waals surface area contributed by atoms with Gasteiger partial charge in [0.1, 0.15) is 22.2 Å². The van der Waals surface area contributed by atoms with Crippen LogP contribution in [0.5, 0.6) is 11.5 Å². The Morgan fingerprint density at radius 2 is 1.47 bits per heavy atom. The highest BCUT2D eigenvalue weighted by Gasteiger charge is 2.15. The molecule has 0 atom stereocenters. The maximum Gasteiger partial charge on any atom is 0.204 e. The summed E-state index contributed by atoms with van der Waals surface area (Å²) in [6.45, 7) is 5.19. The Hall–Kier alpha value is -3.90. The fraction of sp³-hybridized carbons (Fsp3) is 0.143. The minimum atomic E-state index is -0.120. The van der Waals surface area contributed by atoms with Crippen molar-refractivity contribution in [3.8, 4) is 11.5 Å². The summed E-state index contributed by atoms with van der Waals surface area (Å²) in [7, 11) is 0. The number of thiophene rings is 1. The van der Waals surface area contributed by atoms with Crippen LogP contribution in [-0.4, -0.2) is 24.0 Å². The van der Waals surface area contributed by atoms with E-state index >= 15 is 0 Å². The zero-order valence-electron chi connectivity index (χ0n) is 19.2. The van der Waals surface area contributed by atoms with E-state index in [1.807, 2.05) is 80.6 Å². The van der Waals surface area contributed by atoms with Gasteiger partial charge in [0.15, 0.2) is 0 Å². The Labute approximate surface area is 203 Å². The van der Waals surface area contributed by atoms with Crippen LogP contribution < -0.4 is 14.4 Å². The van der Waals surface area contributed by atoms with Crippen molar-refractivity contribution in [2.75, 3.05) is 18.1 Å². The van der Waals surface area contributed by atoms with E-state index < -0.39 is 0 Å². The van der Waals surface area contributed by atoms with E-state index in [1.165, 1.54) is 0 Å². The van der Waals surface area contributed by atoms with E-state index in [1.54, 1.807) is 35.7 Å². The van der Waals surface area contributed by atoms with E-state index in [9.17, 15) is 4.79 Å². The second kappa shape index (κ2) is 11.3. The molecule has 2 heterocycles. The van der Waals surface area contributed by atoms with Gasteiger partial charge >= 0.3 is 0 Å². The lowest BCUT2D eigenvalue weighted by molar-refractivity contribution is 0.104. The summed E-state index contributed by atoms with van der Waals surface area (Å²) in [6, 6.07) is 25.4. The van der Waals surface area contributed by atoms with Crippen LogP contribution in [0, 0.1) is 0 Å². The summed E-state index contributed by atoms with van der Waals surface area (Å²) in [5, 5.41) is 1.03. The monoisotopic (exact) mass is 470 g/mol. The summed E-state index contributed by atoms with van der Waals surface area (Å²) < 4.78 is 11.2. The molecule has 0 N–H and O–H groups in total. The SMILES string of the molecule is CCOc1ccc(N(c2ccc(OCC)cc2)c2ccc(/C=C/C(=O)c3ccccn3)s2)cc1. The minimum Gasteiger partial charge on any atom is -0.494 e. The average Bonchev–Trinajstić information content (AvgIpc) is 3.34. The molecule has 4 rings (SSSR count). The molecule has 2 aromatic heterocycles. The summed E-state index contributed by atoms with van der Waals surface area (Å²) in [6.07, 6.45) is 5.02. The van der Waals surface area contributed by atoms with Crippen molar-refractivity contribution in [1.82, 2.24) is 4.98 Å². The number of nitrogens with zero attached hydrogens (tertiary/aromatic N) is 2. The van der Waals surface area contributed by atoms with E-state index in [4.69, 9.17) is 9.47 Å². The first kappa shape index (κ1) is 23.3. The molecule has 0 amide bonds. The van der Waals surface area contributed by atoms with Crippen LogP contribution >= 0.6 is 11.3 Å². The van der Waals surface area contributed by atoms with Crippen molar-refractivity contribution in [3.05, 3.63) is 102 Å². The van der Waals surface area contributed by atoms with Gasteiger partial charge in [-0.05, 0) is 98.8 Å². The fourth-order valence-electron chi connectivity index (χ4n) is 3.42. The molecule has 4 aromatic rings. The van der Waals surface area contributed by atoms with E-state index in [-0.39, 0.29) is 5.78 Å². The van der Waals surface area contributed by atoms with Crippen LogP contribution in [-0.2, 0) is 0 Å². The maximum atomic E-state index is 12.4. The smallest absolute Gasteiger partial charge is 0.204 e. The third-order valence-corrected chi connectivity index (χ3v) is 6.00. The number of allylic oxidation sites excluding steroid dienone is 1. The highest BCUT2D eigenvalue weighted by molar-refractivity contribution is 7.17. The third kappa shape index (κ3) is 5.71. The van der Waals surface area contributed by atoms with Gasteiger partial charge in [-0.25, -0.2) is 0 Å². The molecule has 172 valence electrons. The van der Waals surface area contributed by atoms with Gasteiger partial charge in [0, 0.05) is 22.4 Å². The normalized spacial score (nSPS) is 10.9. The molecular weight excluding hydrogens is 444 g/mol. The van der Waals surface area contributed by atoms with Crippen molar-refractivity contribution in [3.63, 3.8) is 0 Å². The van der Waals surface area contributed by atoms with Gasteiger partial charge in [-0.15, -0.1) is 11.3 Å². The van der Waals surface area contributed by atoms with Gasteiger partial charge < -0.3 is 14.4 Å². The zero-order chi connectivity index (χ0) is 23.8. The lowest BCUT2D eigenvalue weighted by Crippen LogP contribution is -2.08. The first-order valence-corrected chi connectivity index (χ1v) is 12.0. The van der Waals surface area contributed by atoms with Crippen LogP contribution in [0.15, 0.2) is 91.1 Å². The second-order valence-electron chi connectivity index (χ2n) is 7.28. The Morgan fingerprint density at radius 3 is 2.00 bits per heavy atom. The van der Waals surface area contributed by atoms with Crippen molar-refractivity contribution in [2.45, 2.75) is 13.8 Å². The number of hydrogen-bond donors (Lipinski definition) is 0. The lowest BCUT2D eigenvalue weighted by atomic mass is 10.2. The Bertz CT molecular complexity index is 1180. The van der Waals surface area contributed by atoms with Crippen LogP contribution in [0.4, 0.5) is 16.4 Å². The number of carbonyl (C=O) groups is 1. The first-order chi connectivity index (χ1) is 16.7. The number of anilines is 3. The number of carbonyl (C=O) groups excluding carboxylic acids is 1. The molecule has 0 saturated carbocycles. The lowest BCUT2D eigenvalue weighted by Gasteiger charge is -2.24. The van der Waals surface area contributed by atoms with Crippen molar-refractivity contribution in [1.29, 1.82) is 0 Å². The summed E-state index contributed by atoms with van der Waals surface area (Å²) in [5.74, 6) is 1.55. The molecule has 0 spiro atoms. The highest BCUT2D eigenvalue weighted by atomic mass is 32.1. The Balaban J connectivity index is 1.63. The molecule has 0 aliphatic rings. The van der Waals surface area contributed by atoms with Gasteiger partial charge in [0.2, 0.25) is 5.78 Å². The summed E-state index contributed by atoms with van der Waals surface area (Å²) in [5.41, 5.74) is 2.45. The number of ketones is 1. The molecule has 34 heavy (non-hydrogen) atoms. The summed E-state index contributed by atoms with van der Waals surface area (Å²) in [4.78, 5) is 19.7. The molecule has 6 heteroatoms. The van der Waals surface area contributed by atoms with Crippen LogP contribution in [0.2, 0.25) is 0 Å². The van der Waals surface area contributed by atoms with Gasteiger partial charge in [-0.2, -0.15) is 0 Å². The Kier molecular flexibility index (Phi) is 7.73. The number of aromatic nitrogens is 1. The zero-order valence-corrected chi connectivity index (χ0v) is 20.0. The van der Waals surface area contributed by atoms with Gasteiger partial charge in [0.25, 0.3) is 0 Å². The van der Waals surface area contributed by atoms with Crippen molar-refractivity contribution >= 4 is 39.6 Å². The molecule has 0 radical (unpaired) electrons. The van der Waals surface area contributed by atoms with E-state index in [2.05, 4.69) is 16.0 Å². The maximum absolute atomic E-state index is 12.4. The minimum absolute atomic E-state index is 0.120. The molecule has 0 saturated heterocycles. The summed E-state index contributed by atoms with van der Waals surface area (Å²) >= 11 is 1.60. The van der Waals surface area contributed by atoms with Crippen molar-refractivity contribution in [2.24, 2.45) is 0 Å². The standard InChI is InChI=1S/C28H26N2O3S/c1-3-32-23-12-8-21(9-13-23)30(22-10-14-24(15-11-22)33-4-2)28-19-17-25(34-28)16-18-27(31)26-7-5-6-20-29-26/h5-20H,3-4H2,1-2H3/b18-16+. The van der Waals surface area contributed by atoms with E-state index in [0.29, 0.717) is 18.9 Å². The second-order valence-corrected chi connectivity index (χ2v) is 8.37.